The minimum Gasteiger partial charge on any atom is -0.345 e. The summed E-state index contributed by atoms with van der Waals surface area (Å²) in [6.45, 7) is 1.97. The number of para-hydroxylation sites is 1. The van der Waals surface area contributed by atoms with Crippen molar-refractivity contribution in [1.82, 2.24) is 14.8 Å². The quantitative estimate of drug-likeness (QED) is 0.328. The summed E-state index contributed by atoms with van der Waals surface area (Å²) in [6.07, 6.45) is 0. The van der Waals surface area contributed by atoms with Gasteiger partial charge in [-0.1, -0.05) is 36.4 Å². The van der Waals surface area contributed by atoms with Crippen molar-refractivity contribution < 1.29 is 18.5 Å². The molecule has 1 aromatic heterocycles. The van der Waals surface area contributed by atoms with E-state index in [4.69, 9.17) is 0 Å². The number of nitrogens with zero attached hydrogens (tertiary/aromatic N) is 3. The first-order valence-corrected chi connectivity index (χ1v) is 11.2. The van der Waals surface area contributed by atoms with Gasteiger partial charge in [-0.2, -0.15) is 0 Å². The molecule has 5 rings (SSSR count). The Balaban J connectivity index is 1.36. The molecule has 35 heavy (non-hydrogen) atoms. The Morgan fingerprint density at radius 2 is 1.46 bits per heavy atom. The number of nitro groups is 1. The number of hydrogen-bond acceptors (Lipinski definition) is 4. The number of rotatable bonds is 5. The van der Waals surface area contributed by atoms with Gasteiger partial charge in [0, 0.05) is 37.6 Å². The number of H-pyrrole nitrogens is 1. The third-order valence-electron chi connectivity index (χ3n) is 6.40. The molecule has 0 aliphatic carbocycles. The molecule has 1 aliphatic heterocycles. The minimum absolute atomic E-state index is 0.0761. The van der Waals surface area contributed by atoms with Crippen molar-refractivity contribution in [1.29, 1.82) is 0 Å². The molecule has 0 unspecified atom stereocenters. The second-order valence-electron chi connectivity index (χ2n) is 8.52. The summed E-state index contributed by atoms with van der Waals surface area (Å²) in [7, 11) is 0. The van der Waals surface area contributed by atoms with Crippen molar-refractivity contribution in [2.24, 2.45) is 0 Å². The van der Waals surface area contributed by atoms with E-state index in [9.17, 15) is 23.7 Å². The second-order valence-corrected chi connectivity index (χ2v) is 8.52. The number of aromatic amines is 1. The molecule has 0 bridgehead atoms. The van der Waals surface area contributed by atoms with Gasteiger partial charge in [0.15, 0.2) is 0 Å². The van der Waals surface area contributed by atoms with Crippen molar-refractivity contribution in [3.05, 3.63) is 111 Å². The standard InChI is InChI=1S/C26H22F2N4O3/c27-20-8-4-17(5-9-20)25(18-6-10-21(28)11-7-18)30-12-14-31(15-13-30)26(33)22-16-19-2-1-3-23(32(34)35)24(19)29-22/h1-11,16,25,29H,12-15H2. The number of amides is 1. The molecule has 0 saturated carbocycles. The molecule has 3 aromatic carbocycles. The van der Waals surface area contributed by atoms with Gasteiger partial charge in [0.05, 0.1) is 11.0 Å². The lowest BCUT2D eigenvalue weighted by Gasteiger charge is -2.39. The van der Waals surface area contributed by atoms with Crippen LogP contribution in [0.3, 0.4) is 0 Å². The highest BCUT2D eigenvalue weighted by atomic mass is 19.1. The molecule has 4 aromatic rings. The van der Waals surface area contributed by atoms with Gasteiger partial charge in [-0.25, -0.2) is 8.78 Å². The van der Waals surface area contributed by atoms with Crippen LogP contribution < -0.4 is 0 Å². The highest BCUT2D eigenvalue weighted by Crippen LogP contribution is 2.31. The fraction of sp³-hybridized carbons (Fsp3) is 0.192. The molecule has 178 valence electrons. The Bertz CT molecular complexity index is 1330. The van der Waals surface area contributed by atoms with Crippen molar-refractivity contribution in [3.63, 3.8) is 0 Å². The first-order chi connectivity index (χ1) is 16.9. The van der Waals surface area contributed by atoms with E-state index in [-0.39, 0.29) is 29.3 Å². The zero-order valence-electron chi connectivity index (χ0n) is 18.7. The summed E-state index contributed by atoms with van der Waals surface area (Å²) in [6, 6.07) is 18.6. The molecule has 1 N–H and O–H groups in total. The Kier molecular flexibility index (Phi) is 6.00. The molecule has 7 nitrogen and oxygen atoms in total. The molecular formula is C26H22F2N4O3. The Hall–Kier alpha value is -4.11. The predicted octanol–water partition coefficient (Wildman–Crippen LogP) is 4.90. The van der Waals surface area contributed by atoms with E-state index < -0.39 is 4.92 Å². The van der Waals surface area contributed by atoms with Gasteiger partial charge in [0.2, 0.25) is 0 Å². The fourth-order valence-corrected chi connectivity index (χ4v) is 4.67. The van der Waals surface area contributed by atoms with Crippen molar-refractivity contribution >= 4 is 22.5 Å². The monoisotopic (exact) mass is 476 g/mol. The molecule has 1 aliphatic rings. The summed E-state index contributed by atoms with van der Waals surface area (Å²) in [5.74, 6) is -0.892. The summed E-state index contributed by atoms with van der Waals surface area (Å²) < 4.78 is 27.1. The zero-order valence-corrected chi connectivity index (χ0v) is 18.7. The van der Waals surface area contributed by atoms with E-state index in [0.717, 1.165) is 11.1 Å². The fourth-order valence-electron chi connectivity index (χ4n) is 4.67. The number of aromatic nitrogens is 1. The maximum absolute atomic E-state index is 13.5. The number of carbonyl (C=O) groups is 1. The Labute approximate surface area is 199 Å². The van der Waals surface area contributed by atoms with Gasteiger partial charge < -0.3 is 9.88 Å². The molecule has 2 heterocycles. The zero-order chi connectivity index (χ0) is 24.5. The largest absolute Gasteiger partial charge is 0.345 e. The Morgan fingerprint density at radius 3 is 2.00 bits per heavy atom. The highest BCUT2D eigenvalue weighted by molar-refractivity contribution is 6.00. The number of hydrogen-bond donors (Lipinski definition) is 1. The predicted molar refractivity (Wildman–Crippen MR) is 127 cm³/mol. The first kappa shape index (κ1) is 22.7. The number of carbonyl (C=O) groups excluding carboxylic acids is 1. The average Bonchev–Trinajstić information content (AvgIpc) is 3.31. The topological polar surface area (TPSA) is 82.5 Å². The molecule has 0 spiro atoms. The number of nitro benzene ring substituents is 1. The highest BCUT2D eigenvalue weighted by Gasteiger charge is 2.29. The summed E-state index contributed by atoms with van der Waals surface area (Å²) in [5, 5.41) is 11.9. The second kappa shape index (κ2) is 9.27. The van der Waals surface area contributed by atoms with Gasteiger partial charge in [-0.15, -0.1) is 0 Å². The van der Waals surface area contributed by atoms with E-state index in [2.05, 4.69) is 9.88 Å². The van der Waals surface area contributed by atoms with Crippen LogP contribution in [-0.4, -0.2) is 51.8 Å². The van der Waals surface area contributed by atoms with Crippen molar-refractivity contribution in [3.8, 4) is 0 Å². The molecule has 0 atom stereocenters. The molecular weight excluding hydrogens is 454 g/mol. The molecule has 1 amide bonds. The number of fused-ring (bicyclic) bond motifs is 1. The number of piperazine rings is 1. The van der Waals surface area contributed by atoms with Crippen LogP contribution in [0.5, 0.6) is 0 Å². The molecule has 1 saturated heterocycles. The van der Waals surface area contributed by atoms with Crippen molar-refractivity contribution in [2.75, 3.05) is 26.2 Å². The summed E-state index contributed by atoms with van der Waals surface area (Å²) >= 11 is 0. The average molecular weight is 476 g/mol. The van der Waals surface area contributed by atoms with E-state index in [0.29, 0.717) is 42.8 Å². The van der Waals surface area contributed by atoms with Crippen LogP contribution in [0.4, 0.5) is 14.5 Å². The van der Waals surface area contributed by atoms with Crippen molar-refractivity contribution in [2.45, 2.75) is 6.04 Å². The van der Waals surface area contributed by atoms with Crippen LogP contribution >= 0.6 is 0 Å². The van der Waals surface area contributed by atoms with E-state index in [1.807, 2.05) is 0 Å². The Morgan fingerprint density at radius 1 is 0.886 bits per heavy atom. The number of nitrogens with one attached hydrogen (secondary N) is 1. The van der Waals surface area contributed by atoms with Crippen LogP contribution in [-0.2, 0) is 0 Å². The lowest BCUT2D eigenvalue weighted by Crippen LogP contribution is -2.50. The van der Waals surface area contributed by atoms with E-state index >= 15 is 0 Å². The SMILES string of the molecule is O=C(c1cc2cccc([N+](=O)[O-])c2[nH]1)N1CCN(C(c2ccc(F)cc2)c2ccc(F)cc2)CC1. The van der Waals surface area contributed by atoms with Gasteiger partial charge in [-0.05, 0) is 41.5 Å². The summed E-state index contributed by atoms with van der Waals surface area (Å²) in [5.41, 5.74) is 2.30. The van der Waals surface area contributed by atoms with E-state index in [1.165, 1.54) is 30.3 Å². The number of non-ortho nitro benzene ring substituents is 1. The first-order valence-electron chi connectivity index (χ1n) is 11.2. The van der Waals surface area contributed by atoms with Gasteiger partial charge in [0.1, 0.15) is 22.8 Å². The maximum Gasteiger partial charge on any atom is 0.293 e. The van der Waals surface area contributed by atoms with Gasteiger partial charge >= 0.3 is 0 Å². The van der Waals surface area contributed by atoms with Crippen LogP contribution in [0.2, 0.25) is 0 Å². The summed E-state index contributed by atoms with van der Waals surface area (Å²) in [4.78, 5) is 30.8. The van der Waals surface area contributed by atoms with Gasteiger partial charge in [0.25, 0.3) is 11.6 Å². The molecule has 0 radical (unpaired) electrons. The van der Waals surface area contributed by atoms with Crippen LogP contribution in [0.1, 0.15) is 27.7 Å². The lowest BCUT2D eigenvalue weighted by atomic mass is 9.96. The third kappa shape index (κ3) is 4.50. The minimum atomic E-state index is -0.475. The van der Waals surface area contributed by atoms with Gasteiger partial charge in [-0.3, -0.25) is 19.8 Å². The number of halogens is 2. The normalized spacial score (nSPS) is 14.5. The molecule has 9 heteroatoms. The maximum atomic E-state index is 13.5. The number of benzene rings is 3. The smallest absolute Gasteiger partial charge is 0.293 e. The van der Waals surface area contributed by atoms with Crippen LogP contribution in [0, 0.1) is 21.7 Å². The van der Waals surface area contributed by atoms with Crippen LogP contribution in [0.15, 0.2) is 72.8 Å². The van der Waals surface area contributed by atoms with E-state index in [1.54, 1.807) is 47.4 Å². The lowest BCUT2D eigenvalue weighted by molar-refractivity contribution is -0.383. The van der Waals surface area contributed by atoms with Crippen LogP contribution in [0.25, 0.3) is 10.9 Å². The third-order valence-corrected chi connectivity index (χ3v) is 6.40. The molecule has 1 fully saturated rings.